The molecule has 2 aromatic heterocycles. The van der Waals surface area contributed by atoms with E-state index in [-0.39, 0.29) is 16.8 Å². The van der Waals surface area contributed by atoms with Gasteiger partial charge in [0.1, 0.15) is 28.4 Å². The standard InChI is InChI=1S/C26H19FN2O3S/c27-21-12-20-22(29(17-9-10-17)26-23(24(20)30)25(31)28-33-26)13-19(21)16-7-4-8-18(11-16)32-14-15-5-2-1-3-6-15/h1-8,11-13,17H,9-10,14H2,(H,28,31). The van der Waals surface area contributed by atoms with Crippen LogP contribution in [-0.4, -0.2) is 8.94 Å². The smallest absolute Gasteiger partial charge is 0.271 e. The van der Waals surface area contributed by atoms with Gasteiger partial charge in [-0.25, -0.2) is 4.39 Å². The van der Waals surface area contributed by atoms with E-state index in [0.29, 0.717) is 33.8 Å². The summed E-state index contributed by atoms with van der Waals surface area (Å²) in [5, 5.41) is 0.346. The lowest BCUT2D eigenvalue weighted by Gasteiger charge is -2.14. The van der Waals surface area contributed by atoms with E-state index >= 15 is 4.39 Å². The molecule has 0 spiro atoms. The molecule has 0 unspecified atom stereocenters. The highest BCUT2D eigenvalue weighted by Gasteiger charge is 2.29. The second-order valence-electron chi connectivity index (χ2n) is 8.30. The minimum atomic E-state index is -0.506. The Hall–Kier alpha value is -3.71. The number of nitrogens with one attached hydrogen (secondary N) is 1. The maximum Gasteiger partial charge on any atom is 0.271 e. The number of nitrogens with zero attached hydrogens (tertiary/aromatic N) is 1. The van der Waals surface area contributed by atoms with Crippen molar-refractivity contribution in [3.63, 3.8) is 0 Å². The molecule has 0 amide bonds. The summed E-state index contributed by atoms with van der Waals surface area (Å²) >= 11 is 1.16. The van der Waals surface area contributed by atoms with Crippen LogP contribution in [0.5, 0.6) is 5.75 Å². The third-order valence-corrected chi connectivity index (χ3v) is 6.90. The molecule has 7 heteroatoms. The average Bonchev–Trinajstić information content (AvgIpc) is 3.60. The lowest BCUT2D eigenvalue weighted by molar-refractivity contribution is 0.306. The number of hydrogen-bond donors (Lipinski definition) is 1. The molecule has 1 N–H and O–H groups in total. The van der Waals surface area contributed by atoms with Crippen LogP contribution in [-0.2, 0) is 6.61 Å². The minimum absolute atomic E-state index is 0.114. The Bertz CT molecular complexity index is 1630. The van der Waals surface area contributed by atoms with Crippen molar-refractivity contribution in [3.05, 3.63) is 98.7 Å². The van der Waals surface area contributed by atoms with Gasteiger partial charge >= 0.3 is 0 Å². The zero-order chi connectivity index (χ0) is 22.5. The normalized spacial score (nSPS) is 13.6. The maximum absolute atomic E-state index is 15.3. The number of rotatable bonds is 5. The SMILES string of the molecule is O=c1[nH]sc2c1c(=O)c1cc(F)c(-c3cccc(OCc4ccccc4)c3)cc1n2C1CC1. The van der Waals surface area contributed by atoms with Crippen LogP contribution in [0.15, 0.2) is 76.3 Å². The molecule has 1 aliphatic rings. The van der Waals surface area contributed by atoms with E-state index in [1.54, 1.807) is 12.1 Å². The quantitative estimate of drug-likeness (QED) is 0.372. The first-order chi connectivity index (χ1) is 16.1. The molecule has 0 aliphatic heterocycles. The Labute approximate surface area is 191 Å². The van der Waals surface area contributed by atoms with Crippen LogP contribution in [0.2, 0.25) is 0 Å². The fraction of sp³-hybridized carbons (Fsp3) is 0.154. The number of benzene rings is 3. The van der Waals surface area contributed by atoms with Crippen LogP contribution < -0.4 is 15.7 Å². The minimum Gasteiger partial charge on any atom is -0.489 e. The summed E-state index contributed by atoms with van der Waals surface area (Å²) < 4.78 is 25.9. The number of hydrogen-bond acceptors (Lipinski definition) is 4. The number of pyridine rings is 1. The number of aromatic amines is 1. The molecule has 6 rings (SSSR count). The van der Waals surface area contributed by atoms with Crippen molar-refractivity contribution in [3.8, 4) is 16.9 Å². The zero-order valence-electron chi connectivity index (χ0n) is 17.5. The first-order valence-corrected chi connectivity index (χ1v) is 11.6. The van der Waals surface area contributed by atoms with Gasteiger partial charge in [0.25, 0.3) is 5.56 Å². The molecule has 0 atom stereocenters. The monoisotopic (exact) mass is 458 g/mol. The largest absolute Gasteiger partial charge is 0.489 e. The Morgan fingerprint density at radius 1 is 1.03 bits per heavy atom. The Morgan fingerprint density at radius 3 is 2.64 bits per heavy atom. The van der Waals surface area contributed by atoms with Gasteiger partial charge in [-0.15, -0.1) is 0 Å². The van der Waals surface area contributed by atoms with Gasteiger partial charge in [-0.3, -0.25) is 14.0 Å². The Morgan fingerprint density at radius 2 is 1.85 bits per heavy atom. The fourth-order valence-electron chi connectivity index (χ4n) is 4.26. The molecule has 5 aromatic rings. The Kier molecular flexibility index (Phi) is 4.66. The van der Waals surface area contributed by atoms with Crippen molar-refractivity contribution in [1.29, 1.82) is 0 Å². The second kappa shape index (κ2) is 7.71. The van der Waals surface area contributed by atoms with Crippen LogP contribution in [0, 0.1) is 5.82 Å². The maximum atomic E-state index is 15.3. The lowest BCUT2D eigenvalue weighted by Crippen LogP contribution is -2.15. The van der Waals surface area contributed by atoms with Crippen molar-refractivity contribution in [2.24, 2.45) is 0 Å². The van der Waals surface area contributed by atoms with Gasteiger partial charge in [0, 0.05) is 17.0 Å². The number of fused-ring (bicyclic) bond motifs is 2. The van der Waals surface area contributed by atoms with E-state index in [1.807, 2.05) is 53.1 Å². The Balaban J connectivity index is 1.48. The average molecular weight is 459 g/mol. The van der Waals surface area contributed by atoms with Gasteiger partial charge in [-0.2, -0.15) is 0 Å². The molecule has 33 heavy (non-hydrogen) atoms. The predicted molar refractivity (Wildman–Crippen MR) is 129 cm³/mol. The highest BCUT2D eigenvalue weighted by Crippen LogP contribution is 2.41. The molecule has 1 fully saturated rings. The number of H-pyrrole nitrogens is 1. The first kappa shape index (κ1) is 19.9. The molecule has 0 saturated heterocycles. The van der Waals surface area contributed by atoms with E-state index in [1.165, 1.54) is 6.07 Å². The van der Waals surface area contributed by atoms with E-state index in [9.17, 15) is 9.59 Å². The van der Waals surface area contributed by atoms with Gasteiger partial charge in [-0.05, 0) is 59.8 Å². The third kappa shape index (κ3) is 3.45. The predicted octanol–water partition coefficient (Wildman–Crippen LogP) is 5.62. The molecule has 1 saturated carbocycles. The summed E-state index contributed by atoms with van der Waals surface area (Å²) in [6.07, 6.45) is 1.93. The van der Waals surface area contributed by atoms with Crippen molar-refractivity contribution in [2.75, 3.05) is 0 Å². The summed E-state index contributed by atoms with van der Waals surface area (Å²) in [5.41, 5.74) is 1.91. The third-order valence-electron chi connectivity index (χ3n) is 6.02. The molecule has 3 aromatic carbocycles. The number of halogens is 1. The van der Waals surface area contributed by atoms with Crippen molar-refractivity contribution in [1.82, 2.24) is 8.94 Å². The second-order valence-corrected chi connectivity index (χ2v) is 9.09. The first-order valence-electron chi connectivity index (χ1n) is 10.8. The van der Waals surface area contributed by atoms with Gasteiger partial charge in [0.2, 0.25) is 5.43 Å². The summed E-state index contributed by atoms with van der Waals surface area (Å²) in [6, 6.07) is 20.3. The zero-order valence-corrected chi connectivity index (χ0v) is 18.3. The van der Waals surface area contributed by atoms with Crippen molar-refractivity contribution < 1.29 is 9.13 Å². The molecular formula is C26H19FN2O3S. The van der Waals surface area contributed by atoms with Crippen LogP contribution in [0.3, 0.4) is 0 Å². The molecule has 0 bridgehead atoms. The number of aromatic nitrogens is 2. The van der Waals surface area contributed by atoms with Gasteiger partial charge < -0.3 is 9.30 Å². The fourth-order valence-corrected chi connectivity index (χ4v) is 5.19. The molecule has 1 aliphatic carbocycles. The van der Waals surface area contributed by atoms with E-state index < -0.39 is 16.8 Å². The number of ether oxygens (including phenoxy) is 1. The lowest BCUT2D eigenvalue weighted by atomic mass is 10.0. The molecule has 5 nitrogen and oxygen atoms in total. The topological polar surface area (TPSA) is 64.1 Å². The van der Waals surface area contributed by atoms with E-state index in [0.717, 1.165) is 29.9 Å². The highest BCUT2D eigenvalue weighted by atomic mass is 32.1. The highest BCUT2D eigenvalue weighted by molar-refractivity contribution is 7.12. The summed E-state index contributed by atoms with van der Waals surface area (Å²) in [7, 11) is 0. The van der Waals surface area contributed by atoms with E-state index in [2.05, 4.69) is 4.37 Å². The molecule has 2 heterocycles. The van der Waals surface area contributed by atoms with Crippen LogP contribution in [0.25, 0.3) is 32.2 Å². The van der Waals surface area contributed by atoms with Crippen molar-refractivity contribution in [2.45, 2.75) is 25.5 Å². The summed E-state index contributed by atoms with van der Waals surface area (Å²) in [5.74, 6) is 0.128. The van der Waals surface area contributed by atoms with Crippen LogP contribution in [0.4, 0.5) is 4.39 Å². The molecule has 0 radical (unpaired) electrons. The van der Waals surface area contributed by atoms with Crippen molar-refractivity contribution >= 4 is 32.7 Å². The molecule has 164 valence electrons. The van der Waals surface area contributed by atoms with Gasteiger partial charge in [0.15, 0.2) is 0 Å². The van der Waals surface area contributed by atoms with Gasteiger partial charge in [-0.1, -0.05) is 42.5 Å². The van der Waals surface area contributed by atoms with E-state index in [4.69, 9.17) is 4.74 Å². The van der Waals surface area contributed by atoms with Crippen LogP contribution in [0.1, 0.15) is 24.4 Å². The van der Waals surface area contributed by atoms with Crippen LogP contribution >= 0.6 is 11.5 Å². The summed E-state index contributed by atoms with van der Waals surface area (Å²) in [4.78, 5) is 25.9. The van der Waals surface area contributed by atoms with Gasteiger partial charge in [0.05, 0.1) is 5.52 Å². The molecular weight excluding hydrogens is 439 g/mol. The summed E-state index contributed by atoms with van der Waals surface area (Å²) in [6.45, 7) is 0.413.